The molecule has 0 aliphatic carbocycles. The highest BCUT2D eigenvalue weighted by atomic mass is 19.1. The zero-order chi connectivity index (χ0) is 14.8. The largest absolute Gasteiger partial charge is 0.350 e. The van der Waals surface area contributed by atoms with Crippen molar-refractivity contribution in [3.8, 4) is 0 Å². The quantitative estimate of drug-likeness (QED) is 0.900. The molecule has 0 amide bonds. The molecule has 1 heterocycles. The van der Waals surface area contributed by atoms with Crippen LogP contribution in [0.4, 0.5) is 10.3 Å². The summed E-state index contributed by atoms with van der Waals surface area (Å²) in [6, 6.07) is 5.95. The summed E-state index contributed by atoms with van der Waals surface area (Å²) in [5, 5.41) is 10.9. The van der Waals surface area contributed by atoms with Crippen molar-refractivity contribution in [2.24, 2.45) is 0 Å². The number of anilines is 1. The minimum Gasteiger partial charge on any atom is -0.350 e. The number of nitrogens with zero attached hydrogens (tertiary/aromatic N) is 2. The van der Waals surface area contributed by atoms with Crippen LogP contribution in [0.15, 0.2) is 29.1 Å². The summed E-state index contributed by atoms with van der Waals surface area (Å²) in [4.78, 5) is 14.6. The average molecular weight is 276 g/mol. The van der Waals surface area contributed by atoms with Gasteiger partial charge in [-0.15, -0.1) is 10.2 Å². The number of aromatic amines is 1. The first-order chi connectivity index (χ1) is 9.33. The Morgan fingerprint density at radius 1 is 1.20 bits per heavy atom. The van der Waals surface area contributed by atoms with E-state index < -0.39 is 0 Å². The van der Waals surface area contributed by atoms with Gasteiger partial charge in [-0.1, -0.05) is 12.1 Å². The van der Waals surface area contributed by atoms with Crippen LogP contribution in [0, 0.1) is 5.82 Å². The first kappa shape index (κ1) is 14.2. The van der Waals surface area contributed by atoms with E-state index in [-0.39, 0.29) is 16.9 Å². The number of H-pyrrole nitrogens is 1. The Kier molecular flexibility index (Phi) is 3.83. The normalized spacial score (nSPS) is 11.4. The molecule has 0 spiro atoms. The van der Waals surface area contributed by atoms with Crippen LogP contribution >= 0.6 is 0 Å². The summed E-state index contributed by atoms with van der Waals surface area (Å²) in [7, 11) is 0. The smallest absolute Gasteiger partial charge is 0.274 e. The maximum absolute atomic E-state index is 12.8. The summed E-state index contributed by atoms with van der Waals surface area (Å²) >= 11 is 0. The average Bonchev–Trinajstić information content (AvgIpc) is 2.33. The van der Waals surface area contributed by atoms with Gasteiger partial charge in [-0.05, 0) is 38.5 Å². The molecule has 0 aliphatic heterocycles. The summed E-state index contributed by atoms with van der Waals surface area (Å²) < 4.78 is 12.8. The van der Waals surface area contributed by atoms with E-state index in [1.165, 1.54) is 12.1 Å². The van der Waals surface area contributed by atoms with Crippen LogP contribution in [0.5, 0.6) is 0 Å². The number of nitrogens with one attached hydrogen (secondary N) is 2. The van der Waals surface area contributed by atoms with Crippen molar-refractivity contribution in [1.82, 2.24) is 15.2 Å². The Balaban J connectivity index is 2.18. The van der Waals surface area contributed by atoms with Gasteiger partial charge in [0.1, 0.15) is 11.5 Å². The van der Waals surface area contributed by atoms with Crippen LogP contribution < -0.4 is 10.9 Å². The predicted octanol–water partition coefficient (Wildman–Crippen LogP) is 2.11. The third-order valence-corrected chi connectivity index (χ3v) is 2.54. The Hall–Kier alpha value is -2.24. The van der Waals surface area contributed by atoms with Gasteiger partial charge < -0.3 is 5.32 Å². The Morgan fingerprint density at radius 2 is 1.85 bits per heavy atom. The molecule has 0 aliphatic rings. The highest BCUT2D eigenvalue weighted by Gasteiger charge is 2.12. The molecular weight excluding hydrogens is 259 g/mol. The molecule has 2 rings (SSSR count). The maximum Gasteiger partial charge on any atom is 0.274 e. The van der Waals surface area contributed by atoms with Crippen molar-refractivity contribution in [3.63, 3.8) is 0 Å². The van der Waals surface area contributed by atoms with Crippen molar-refractivity contribution in [3.05, 3.63) is 51.7 Å². The van der Waals surface area contributed by atoms with Gasteiger partial charge in [0.25, 0.3) is 5.56 Å². The lowest BCUT2D eigenvalue weighted by Gasteiger charge is -2.20. The summed E-state index contributed by atoms with van der Waals surface area (Å²) in [5.41, 5.74) is 0.602. The van der Waals surface area contributed by atoms with Crippen LogP contribution in [0.25, 0.3) is 0 Å². The molecule has 0 saturated carbocycles. The molecule has 1 aromatic carbocycles. The summed E-state index contributed by atoms with van der Waals surface area (Å²) in [6.45, 7) is 5.87. The second-order valence-corrected chi connectivity index (χ2v) is 5.63. The lowest BCUT2D eigenvalue weighted by Crippen LogP contribution is -2.30. The van der Waals surface area contributed by atoms with E-state index in [4.69, 9.17) is 0 Å². The first-order valence-electron chi connectivity index (χ1n) is 6.32. The molecule has 0 radical (unpaired) electrons. The highest BCUT2D eigenvalue weighted by molar-refractivity contribution is 5.27. The van der Waals surface area contributed by atoms with Gasteiger partial charge in [0.05, 0.1) is 0 Å². The number of halogens is 1. The zero-order valence-corrected chi connectivity index (χ0v) is 11.7. The third kappa shape index (κ3) is 3.88. The Bertz CT molecular complexity index is 643. The maximum atomic E-state index is 12.8. The number of rotatable bonds is 3. The molecule has 0 saturated heterocycles. The van der Waals surface area contributed by atoms with Gasteiger partial charge in [-0.3, -0.25) is 9.78 Å². The van der Waals surface area contributed by atoms with Crippen LogP contribution in [0.3, 0.4) is 0 Å². The number of hydrogen-bond acceptors (Lipinski definition) is 4. The number of benzene rings is 1. The van der Waals surface area contributed by atoms with Crippen molar-refractivity contribution >= 4 is 5.95 Å². The summed E-state index contributed by atoms with van der Waals surface area (Å²) in [5.74, 6) is 0.0313. The molecule has 1 aromatic heterocycles. The lowest BCUT2D eigenvalue weighted by atomic mass is 10.1. The molecule has 5 nitrogen and oxygen atoms in total. The molecule has 2 aromatic rings. The minimum atomic E-state index is -0.307. The summed E-state index contributed by atoms with van der Waals surface area (Å²) in [6.07, 6.45) is 0.318. The molecule has 0 atom stereocenters. The fourth-order valence-corrected chi connectivity index (χ4v) is 1.68. The van der Waals surface area contributed by atoms with E-state index in [1.54, 1.807) is 12.1 Å². The van der Waals surface area contributed by atoms with Crippen molar-refractivity contribution in [2.75, 3.05) is 5.32 Å². The van der Waals surface area contributed by atoms with Crippen LogP contribution in [0.1, 0.15) is 32.0 Å². The molecular formula is C14H17FN4O. The van der Waals surface area contributed by atoms with Gasteiger partial charge in [0.2, 0.25) is 5.95 Å². The second kappa shape index (κ2) is 5.40. The van der Waals surface area contributed by atoms with Gasteiger partial charge >= 0.3 is 0 Å². The zero-order valence-electron chi connectivity index (χ0n) is 11.7. The van der Waals surface area contributed by atoms with Gasteiger partial charge in [0, 0.05) is 12.0 Å². The second-order valence-electron chi connectivity index (χ2n) is 5.63. The molecule has 0 fully saturated rings. The van der Waals surface area contributed by atoms with Crippen molar-refractivity contribution in [1.29, 1.82) is 0 Å². The third-order valence-electron chi connectivity index (χ3n) is 2.54. The molecule has 106 valence electrons. The topological polar surface area (TPSA) is 70.7 Å². The Morgan fingerprint density at radius 3 is 2.40 bits per heavy atom. The first-order valence-corrected chi connectivity index (χ1v) is 6.32. The van der Waals surface area contributed by atoms with Gasteiger partial charge in [0.15, 0.2) is 0 Å². The number of hydrogen-bond donors (Lipinski definition) is 2. The van der Waals surface area contributed by atoms with E-state index in [0.717, 1.165) is 5.56 Å². The fraction of sp³-hybridized carbons (Fsp3) is 0.357. The fourth-order valence-electron chi connectivity index (χ4n) is 1.68. The van der Waals surface area contributed by atoms with Crippen molar-refractivity contribution < 1.29 is 4.39 Å². The van der Waals surface area contributed by atoms with E-state index in [1.807, 2.05) is 20.8 Å². The van der Waals surface area contributed by atoms with E-state index in [2.05, 4.69) is 20.5 Å². The SMILES string of the molecule is CC(C)(C)Nc1nnc(Cc2ccc(F)cc2)c(=O)[nH]1. The highest BCUT2D eigenvalue weighted by Crippen LogP contribution is 2.08. The molecule has 2 N–H and O–H groups in total. The monoisotopic (exact) mass is 276 g/mol. The number of aromatic nitrogens is 3. The molecule has 0 bridgehead atoms. The molecule has 6 heteroatoms. The van der Waals surface area contributed by atoms with Crippen molar-refractivity contribution in [2.45, 2.75) is 32.7 Å². The minimum absolute atomic E-state index is 0.212. The Labute approximate surface area is 116 Å². The standard InChI is InChI=1S/C14H17FN4O/c1-14(2,3)17-13-16-12(20)11(18-19-13)8-9-4-6-10(15)7-5-9/h4-7H,8H2,1-3H3,(H2,16,17,19,20). The predicted molar refractivity (Wildman–Crippen MR) is 75.2 cm³/mol. The molecule has 20 heavy (non-hydrogen) atoms. The van der Waals surface area contributed by atoms with E-state index in [0.29, 0.717) is 18.1 Å². The van der Waals surface area contributed by atoms with Crippen LogP contribution in [0.2, 0.25) is 0 Å². The van der Waals surface area contributed by atoms with Gasteiger partial charge in [-0.2, -0.15) is 0 Å². The van der Waals surface area contributed by atoms with E-state index >= 15 is 0 Å². The van der Waals surface area contributed by atoms with E-state index in [9.17, 15) is 9.18 Å². The lowest BCUT2D eigenvalue weighted by molar-refractivity contribution is 0.620. The van der Waals surface area contributed by atoms with Crippen LogP contribution in [-0.4, -0.2) is 20.7 Å². The van der Waals surface area contributed by atoms with Gasteiger partial charge in [-0.25, -0.2) is 4.39 Å². The molecule has 0 unspecified atom stereocenters. The van der Waals surface area contributed by atoms with Crippen LogP contribution in [-0.2, 0) is 6.42 Å².